The molecule has 1 N–H and O–H groups in total. The second-order valence-electron chi connectivity index (χ2n) is 6.94. The zero-order valence-electron chi connectivity index (χ0n) is 15.4. The highest BCUT2D eigenvalue weighted by molar-refractivity contribution is 5.93. The Labute approximate surface area is 149 Å². The minimum absolute atomic E-state index is 0.0868. The van der Waals surface area contributed by atoms with Gasteiger partial charge in [-0.3, -0.25) is 9.48 Å². The van der Waals surface area contributed by atoms with Crippen molar-refractivity contribution >= 4 is 5.91 Å². The van der Waals surface area contributed by atoms with E-state index in [2.05, 4.69) is 22.2 Å². The SMILES string of the molecule is Cc1ccc(-c2cc(C(=O)NCCCN3CCCC[C@@H]3C)n(C)n2)o1. The van der Waals surface area contributed by atoms with Crippen molar-refractivity contribution in [2.75, 3.05) is 19.6 Å². The summed E-state index contributed by atoms with van der Waals surface area (Å²) < 4.78 is 7.19. The fraction of sp³-hybridized carbons (Fsp3) is 0.579. The van der Waals surface area contributed by atoms with Crippen LogP contribution < -0.4 is 5.32 Å². The predicted octanol–water partition coefficient (Wildman–Crippen LogP) is 2.98. The number of hydrogen-bond acceptors (Lipinski definition) is 4. The van der Waals surface area contributed by atoms with Crippen molar-refractivity contribution in [2.24, 2.45) is 7.05 Å². The van der Waals surface area contributed by atoms with E-state index in [-0.39, 0.29) is 5.91 Å². The molecule has 0 spiro atoms. The van der Waals surface area contributed by atoms with Crippen LogP contribution in [-0.4, -0.2) is 46.3 Å². The maximum atomic E-state index is 12.4. The number of aromatic nitrogens is 2. The first-order valence-corrected chi connectivity index (χ1v) is 9.17. The van der Waals surface area contributed by atoms with Crippen molar-refractivity contribution in [3.8, 4) is 11.5 Å². The number of carbonyl (C=O) groups is 1. The highest BCUT2D eigenvalue weighted by Crippen LogP contribution is 2.21. The molecule has 3 heterocycles. The van der Waals surface area contributed by atoms with E-state index in [9.17, 15) is 4.79 Å². The maximum Gasteiger partial charge on any atom is 0.269 e. The molecule has 0 unspecified atom stereocenters. The lowest BCUT2D eigenvalue weighted by Crippen LogP contribution is -2.39. The van der Waals surface area contributed by atoms with E-state index in [1.165, 1.54) is 25.8 Å². The standard InChI is InChI=1S/C19H28N4O2/c1-14-7-4-5-11-23(14)12-6-10-20-19(24)17-13-16(21-22(17)3)18-9-8-15(2)25-18/h8-9,13-14H,4-7,10-12H2,1-3H3,(H,20,24)/t14-/m0/s1. The van der Waals surface area contributed by atoms with Crippen LogP contribution in [0.3, 0.4) is 0 Å². The minimum atomic E-state index is -0.0868. The van der Waals surface area contributed by atoms with Gasteiger partial charge in [-0.05, 0) is 51.8 Å². The van der Waals surface area contributed by atoms with Crippen molar-refractivity contribution in [2.45, 2.75) is 45.6 Å². The van der Waals surface area contributed by atoms with E-state index in [4.69, 9.17) is 4.42 Å². The molecule has 1 saturated heterocycles. The van der Waals surface area contributed by atoms with E-state index < -0.39 is 0 Å². The Morgan fingerprint density at radius 2 is 2.24 bits per heavy atom. The fourth-order valence-electron chi connectivity index (χ4n) is 3.44. The fourth-order valence-corrected chi connectivity index (χ4v) is 3.44. The van der Waals surface area contributed by atoms with Crippen LogP contribution in [0.25, 0.3) is 11.5 Å². The predicted molar refractivity (Wildman–Crippen MR) is 97.5 cm³/mol. The molecule has 0 bridgehead atoms. The molecule has 1 atom stereocenters. The third kappa shape index (κ3) is 4.31. The van der Waals surface area contributed by atoms with Crippen LogP contribution in [0.15, 0.2) is 22.6 Å². The number of likely N-dealkylation sites (tertiary alicyclic amines) is 1. The van der Waals surface area contributed by atoms with Gasteiger partial charge < -0.3 is 14.6 Å². The summed E-state index contributed by atoms with van der Waals surface area (Å²) in [5.74, 6) is 1.43. The van der Waals surface area contributed by atoms with Gasteiger partial charge in [-0.2, -0.15) is 5.10 Å². The van der Waals surface area contributed by atoms with Crippen molar-refractivity contribution in [1.82, 2.24) is 20.0 Å². The van der Waals surface area contributed by atoms with E-state index in [1.54, 1.807) is 17.8 Å². The van der Waals surface area contributed by atoms with E-state index in [0.717, 1.165) is 18.7 Å². The van der Waals surface area contributed by atoms with Crippen LogP contribution in [-0.2, 0) is 7.05 Å². The minimum Gasteiger partial charge on any atom is -0.460 e. The molecule has 2 aromatic heterocycles. The van der Waals surface area contributed by atoms with Crippen molar-refractivity contribution < 1.29 is 9.21 Å². The summed E-state index contributed by atoms with van der Waals surface area (Å²) in [6, 6.07) is 6.21. The average Bonchev–Trinajstić information content (AvgIpc) is 3.19. The Kier molecular flexibility index (Phi) is 5.58. The van der Waals surface area contributed by atoms with Crippen LogP contribution >= 0.6 is 0 Å². The summed E-state index contributed by atoms with van der Waals surface area (Å²) in [5, 5.41) is 7.39. The van der Waals surface area contributed by atoms with Gasteiger partial charge in [-0.15, -0.1) is 0 Å². The normalized spacial score (nSPS) is 18.4. The summed E-state index contributed by atoms with van der Waals surface area (Å²) in [7, 11) is 1.78. The molecular weight excluding hydrogens is 316 g/mol. The first kappa shape index (κ1) is 17.7. The van der Waals surface area contributed by atoms with Gasteiger partial charge in [0.25, 0.3) is 5.91 Å². The zero-order chi connectivity index (χ0) is 17.8. The molecular formula is C19H28N4O2. The summed E-state index contributed by atoms with van der Waals surface area (Å²) in [6.45, 7) is 7.10. The number of carbonyl (C=O) groups excluding carboxylic acids is 1. The van der Waals surface area contributed by atoms with Crippen LogP contribution in [0, 0.1) is 6.92 Å². The molecule has 1 fully saturated rings. The average molecular weight is 344 g/mol. The van der Waals surface area contributed by atoms with Crippen LogP contribution in [0.5, 0.6) is 0 Å². The number of hydrogen-bond donors (Lipinski definition) is 1. The first-order chi connectivity index (χ1) is 12.0. The smallest absolute Gasteiger partial charge is 0.269 e. The zero-order valence-corrected chi connectivity index (χ0v) is 15.4. The molecule has 0 saturated carbocycles. The molecule has 1 amide bonds. The van der Waals surface area contributed by atoms with Gasteiger partial charge in [-0.1, -0.05) is 6.42 Å². The van der Waals surface area contributed by atoms with Crippen LogP contribution in [0.2, 0.25) is 0 Å². The monoisotopic (exact) mass is 344 g/mol. The molecule has 3 rings (SSSR count). The third-order valence-electron chi connectivity index (χ3n) is 4.95. The highest BCUT2D eigenvalue weighted by atomic mass is 16.3. The molecule has 6 nitrogen and oxygen atoms in total. The van der Waals surface area contributed by atoms with Crippen LogP contribution in [0.4, 0.5) is 0 Å². The van der Waals surface area contributed by atoms with Gasteiger partial charge in [0.2, 0.25) is 0 Å². The Morgan fingerprint density at radius 1 is 1.40 bits per heavy atom. The summed E-state index contributed by atoms with van der Waals surface area (Å²) in [5.41, 5.74) is 1.23. The lowest BCUT2D eigenvalue weighted by atomic mass is 10.0. The number of piperidine rings is 1. The number of amides is 1. The van der Waals surface area contributed by atoms with E-state index in [0.29, 0.717) is 29.7 Å². The molecule has 25 heavy (non-hydrogen) atoms. The largest absolute Gasteiger partial charge is 0.460 e. The Balaban J connectivity index is 1.50. The second-order valence-corrected chi connectivity index (χ2v) is 6.94. The number of furan rings is 1. The quantitative estimate of drug-likeness (QED) is 0.818. The molecule has 136 valence electrons. The lowest BCUT2D eigenvalue weighted by molar-refractivity contribution is 0.0939. The van der Waals surface area contributed by atoms with E-state index >= 15 is 0 Å². The third-order valence-corrected chi connectivity index (χ3v) is 4.95. The lowest BCUT2D eigenvalue weighted by Gasteiger charge is -2.33. The molecule has 0 aromatic carbocycles. The molecule has 0 radical (unpaired) electrons. The second kappa shape index (κ2) is 7.87. The molecule has 1 aliphatic heterocycles. The summed E-state index contributed by atoms with van der Waals surface area (Å²) in [6.07, 6.45) is 4.89. The molecule has 6 heteroatoms. The van der Waals surface area contributed by atoms with Gasteiger partial charge in [0, 0.05) is 32.2 Å². The van der Waals surface area contributed by atoms with Crippen LogP contribution in [0.1, 0.15) is 48.9 Å². The Hall–Kier alpha value is -2.08. The van der Waals surface area contributed by atoms with Crippen molar-refractivity contribution in [3.05, 3.63) is 29.7 Å². The highest BCUT2D eigenvalue weighted by Gasteiger charge is 2.18. The maximum absolute atomic E-state index is 12.4. The van der Waals surface area contributed by atoms with E-state index in [1.807, 2.05) is 19.1 Å². The number of rotatable bonds is 6. The molecule has 0 aliphatic carbocycles. The molecule has 1 aliphatic rings. The Morgan fingerprint density at radius 3 is 2.96 bits per heavy atom. The van der Waals surface area contributed by atoms with Gasteiger partial charge in [0.05, 0.1) is 0 Å². The van der Waals surface area contributed by atoms with Crippen molar-refractivity contribution in [1.29, 1.82) is 0 Å². The first-order valence-electron chi connectivity index (χ1n) is 9.17. The van der Waals surface area contributed by atoms with Gasteiger partial charge >= 0.3 is 0 Å². The summed E-state index contributed by atoms with van der Waals surface area (Å²) >= 11 is 0. The van der Waals surface area contributed by atoms with Gasteiger partial charge in [0.15, 0.2) is 5.76 Å². The number of nitrogens with zero attached hydrogens (tertiary/aromatic N) is 3. The van der Waals surface area contributed by atoms with Crippen molar-refractivity contribution in [3.63, 3.8) is 0 Å². The number of nitrogens with one attached hydrogen (secondary N) is 1. The number of aryl methyl sites for hydroxylation is 2. The van der Waals surface area contributed by atoms with Gasteiger partial charge in [0.1, 0.15) is 17.1 Å². The van der Waals surface area contributed by atoms with Gasteiger partial charge in [-0.25, -0.2) is 0 Å². The summed E-state index contributed by atoms with van der Waals surface area (Å²) in [4.78, 5) is 14.9. The molecule has 2 aromatic rings. The Bertz CT molecular complexity index is 719. The topological polar surface area (TPSA) is 63.3 Å².